The van der Waals surface area contributed by atoms with Crippen LogP contribution in [0.5, 0.6) is 0 Å². The second kappa shape index (κ2) is 7.83. The van der Waals surface area contributed by atoms with Gasteiger partial charge in [-0.05, 0) is 72.8 Å². The molecular formula is C19H20Cl2N2S. The van der Waals surface area contributed by atoms with Crippen LogP contribution >= 0.6 is 35.1 Å². The van der Waals surface area contributed by atoms with Gasteiger partial charge in [-0.2, -0.15) is 0 Å². The van der Waals surface area contributed by atoms with Crippen LogP contribution in [0.25, 0.3) is 10.9 Å². The number of hydrogen-bond acceptors (Lipinski definition) is 2. The Labute approximate surface area is 157 Å². The number of thioether (sulfide) groups is 1. The zero-order chi connectivity index (χ0) is 17.1. The van der Waals surface area contributed by atoms with Gasteiger partial charge in [-0.15, -0.1) is 11.8 Å². The van der Waals surface area contributed by atoms with E-state index >= 15 is 0 Å². The van der Waals surface area contributed by atoms with E-state index in [2.05, 4.69) is 52.9 Å². The molecule has 24 heavy (non-hydrogen) atoms. The molecule has 1 N–H and O–H groups in total. The summed E-state index contributed by atoms with van der Waals surface area (Å²) in [6.07, 6.45) is 3.02. The quantitative estimate of drug-likeness (QED) is 0.440. The minimum Gasteiger partial charge on any atom is -0.340 e. The molecule has 0 bridgehead atoms. The summed E-state index contributed by atoms with van der Waals surface area (Å²) in [6.45, 7) is 3.79. The Balaban J connectivity index is 2.08. The fourth-order valence-electron chi connectivity index (χ4n) is 3.12. The van der Waals surface area contributed by atoms with Crippen molar-refractivity contribution in [3.8, 4) is 0 Å². The molecule has 0 saturated heterocycles. The van der Waals surface area contributed by atoms with Gasteiger partial charge in [0.1, 0.15) is 0 Å². The molecule has 0 amide bonds. The second-order valence-electron chi connectivity index (χ2n) is 5.79. The molecule has 0 spiro atoms. The number of halogens is 2. The van der Waals surface area contributed by atoms with Crippen LogP contribution in [-0.2, 0) is 13.0 Å². The molecule has 3 aromatic rings. The van der Waals surface area contributed by atoms with Gasteiger partial charge in [0.25, 0.3) is 0 Å². The zero-order valence-corrected chi connectivity index (χ0v) is 16.1. The van der Waals surface area contributed by atoms with Crippen LogP contribution in [0, 0.1) is 6.92 Å². The number of fused-ring (bicyclic) bond motifs is 1. The molecule has 0 fully saturated rings. The van der Waals surface area contributed by atoms with Gasteiger partial charge in [0.15, 0.2) is 0 Å². The Bertz CT molecular complexity index is 841. The van der Waals surface area contributed by atoms with Crippen molar-refractivity contribution in [3.63, 3.8) is 0 Å². The molecule has 2 aromatic carbocycles. The average molecular weight is 379 g/mol. The molecule has 5 heteroatoms. The Kier molecular flexibility index (Phi) is 5.77. The highest BCUT2D eigenvalue weighted by atomic mass is 35.5. The maximum absolute atomic E-state index is 6.01. The van der Waals surface area contributed by atoms with Gasteiger partial charge in [-0.3, -0.25) is 0 Å². The van der Waals surface area contributed by atoms with Gasteiger partial charge in [-0.1, -0.05) is 23.7 Å². The summed E-state index contributed by atoms with van der Waals surface area (Å²) in [5.41, 5.74) is 5.17. The molecule has 0 saturated carbocycles. The van der Waals surface area contributed by atoms with Crippen molar-refractivity contribution in [1.82, 2.24) is 9.40 Å². The zero-order valence-electron chi connectivity index (χ0n) is 13.8. The van der Waals surface area contributed by atoms with Crippen molar-refractivity contribution in [1.29, 1.82) is 0 Å². The summed E-state index contributed by atoms with van der Waals surface area (Å²) in [5.74, 6) is 0. The first-order chi connectivity index (χ1) is 11.6. The fraction of sp³-hybridized carbons (Fsp3) is 0.263. The lowest BCUT2D eigenvalue weighted by molar-refractivity contribution is 0.788. The monoisotopic (exact) mass is 378 g/mol. The third-order valence-corrected chi connectivity index (χ3v) is 5.55. The third-order valence-electron chi connectivity index (χ3n) is 4.38. The summed E-state index contributed by atoms with van der Waals surface area (Å²) in [5, 5.41) is 2.09. The van der Waals surface area contributed by atoms with E-state index in [0.29, 0.717) is 0 Å². The largest absolute Gasteiger partial charge is 0.340 e. The molecule has 126 valence electrons. The predicted octanol–water partition coefficient (Wildman–Crippen LogP) is 5.66. The second-order valence-corrected chi connectivity index (χ2v) is 7.38. The normalized spacial score (nSPS) is 11.3. The number of rotatable bonds is 6. The highest BCUT2D eigenvalue weighted by Crippen LogP contribution is 2.30. The molecule has 2 nitrogen and oxygen atoms in total. The Hall–Kier alpha value is -1.13. The molecule has 1 heterocycles. The minimum atomic E-state index is 0.756. The summed E-state index contributed by atoms with van der Waals surface area (Å²) in [7, 11) is 0. The smallest absolute Gasteiger partial charge is 0.0489 e. The van der Waals surface area contributed by atoms with E-state index in [1.807, 2.05) is 12.1 Å². The fourth-order valence-corrected chi connectivity index (χ4v) is 3.78. The van der Waals surface area contributed by atoms with Crippen molar-refractivity contribution in [3.05, 3.63) is 64.3 Å². The van der Waals surface area contributed by atoms with Crippen molar-refractivity contribution < 1.29 is 0 Å². The summed E-state index contributed by atoms with van der Waals surface area (Å²) in [4.78, 5) is 4.03. The predicted molar refractivity (Wildman–Crippen MR) is 107 cm³/mol. The van der Waals surface area contributed by atoms with Crippen LogP contribution in [0.4, 0.5) is 0 Å². The van der Waals surface area contributed by atoms with Crippen LogP contribution in [0.3, 0.4) is 0 Å². The van der Waals surface area contributed by atoms with Crippen molar-refractivity contribution >= 4 is 46.0 Å². The van der Waals surface area contributed by atoms with Gasteiger partial charge in [0.2, 0.25) is 0 Å². The Morgan fingerprint density at radius 1 is 1.12 bits per heavy atom. The first kappa shape index (κ1) is 17.7. The van der Waals surface area contributed by atoms with E-state index in [1.54, 1.807) is 11.8 Å². The van der Waals surface area contributed by atoms with Crippen LogP contribution < -0.4 is 4.84 Å². The van der Waals surface area contributed by atoms with E-state index in [-0.39, 0.29) is 0 Å². The molecule has 1 aromatic heterocycles. The lowest BCUT2D eigenvalue weighted by Gasteiger charge is -2.09. The summed E-state index contributed by atoms with van der Waals surface area (Å²) < 4.78 is 2.38. The van der Waals surface area contributed by atoms with E-state index in [0.717, 1.165) is 24.5 Å². The van der Waals surface area contributed by atoms with Gasteiger partial charge < -0.3 is 4.57 Å². The molecule has 0 radical (unpaired) electrons. The number of nitrogens with zero attached hydrogens (tertiary/aromatic N) is 1. The molecule has 0 aliphatic carbocycles. The number of benzene rings is 2. The number of nitrogens with one attached hydrogen (secondary N) is 1. The van der Waals surface area contributed by atoms with Gasteiger partial charge in [0, 0.05) is 39.6 Å². The lowest BCUT2D eigenvalue weighted by Crippen LogP contribution is -2.06. The molecule has 0 aliphatic heterocycles. The highest BCUT2D eigenvalue weighted by molar-refractivity contribution is 7.98. The lowest BCUT2D eigenvalue weighted by atomic mass is 10.1. The maximum atomic E-state index is 6.01. The summed E-state index contributed by atoms with van der Waals surface area (Å²) >= 11 is 13.5. The van der Waals surface area contributed by atoms with Crippen molar-refractivity contribution in [2.45, 2.75) is 24.8 Å². The Morgan fingerprint density at radius 3 is 2.54 bits per heavy atom. The first-order valence-corrected chi connectivity index (χ1v) is 9.85. The van der Waals surface area contributed by atoms with Crippen LogP contribution in [0.1, 0.15) is 16.8 Å². The maximum Gasteiger partial charge on any atom is 0.0489 e. The number of aromatic nitrogens is 1. The van der Waals surface area contributed by atoms with Crippen LogP contribution in [0.15, 0.2) is 47.4 Å². The van der Waals surface area contributed by atoms with E-state index in [1.165, 1.54) is 32.6 Å². The summed E-state index contributed by atoms with van der Waals surface area (Å²) in [6, 6.07) is 14.8. The van der Waals surface area contributed by atoms with E-state index in [4.69, 9.17) is 23.4 Å². The SMILES string of the molecule is CSc1ccc2c(c1)c(CCNCl)c(C)n2Cc1ccc(Cl)cc1. The van der Waals surface area contributed by atoms with E-state index < -0.39 is 0 Å². The van der Waals surface area contributed by atoms with Crippen molar-refractivity contribution in [2.75, 3.05) is 12.8 Å². The molecular weight excluding hydrogens is 359 g/mol. The van der Waals surface area contributed by atoms with Crippen molar-refractivity contribution in [2.24, 2.45) is 0 Å². The average Bonchev–Trinajstić information content (AvgIpc) is 2.86. The van der Waals surface area contributed by atoms with Gasteiger partial charge in [0.05, 0.1) is 0 Å². The third kappa shape index (κ3) is 3.60. The van der Waals surface area contributed by atoms with E-state index in [9.17, 15) is 0 Å². The van der Waals surface area contributed by atoms with Crippen LogP contribution in [0.2, 0.25) is 5.02 Å². The molecule has 0 atom stereocenters. The first-order valence-electron chi connectivity index (χ1n) is 7.87. The molecule has 0 unspecified atom stereocenters. The Morgan fingerprint density at radius 2 is 1.88 bits per heavy atom. The van der Waals surface area contributed by atoms with Gasteiger partial charge >= 0.3 is 0 Å². The standard InChI is InChI=1S/C19H20Cl2N2S/c1-13-17(9-10-22-21)18-11-16(24-2)7-8-19(18)23(13)12-14-3-5-15(20)6-4-14/h3-8,11,22H,9-10,12H2,1-2H3. The minimum absolute atomic E-state index is 0.756. The van der Waals surface area contributed by atoms with Crippen LogP contribution in [-0.4, -0.2) is 17.4 Å². The number of hydrogen-bond donors (Lipinski definition) is 1. The van der Waals surface area contributed by atoms with Gasteiger partial charge in [-0.25, -0.2) is 4.84 Å². The molecule has 3 rings (SSSR count). The highest BCUT2D eigenvalue weighted by Gasteiger charge is 2.14. The molecule has 0 aliphatic rings. The topological polar surface area (TPSA) is 17.0 Å².